The summed E-state index contributed by atoms with van der Waals surface area (Å²) in [6, 6.07) is 16.4. The van der Waals surface area contributed by atoms with E-state index in [2.05, 4.69) is 29.2 Å². The van der Waals surface area contributed by atoms with E-state index < -0.39 is 11.2 Å². The van der Waals surface area contributed by atoms with Crippen molar-refractivity contribution in [3.05, 3.63) is 65.2 Å². The number of hydrogen-bond donors (Lipinski definition) is 2. The van der Waals surface area contributed by atoms with Crippen molar-refractivity contribution in [1.29, 1.82) is 0 Å². The summed E-state index contributed by atoms with van der Waals surface area (Å²) in [5.41, 5.74) is 1.54. The normalized spacial score (nSPS) is 27.1. The monoisotopic (exact) mass is 510 g/mol. The molecule has 1 unspecified atom stereocenters. The van der Waals surface area contributed by atoms with Gasteiger partial charge in [0.15, 0.2) is 0 Å². The zero-order chi connectivity index (χ0) is 26.5. The van der Waals surface area contributed by atoms with Crippen molar-refractivity contribution in [2.45, 2.75) is 56.7 Å². The van der Waals surface area contributed by atoms with Crippen LogP contribution >= 0.6 is 0 Å². The molecule has 1 heterocycles. The largest absolute Gasteiger partial charge is 0.490 e. The van der Waals surface area contributed by atoms with Crippen molar-refractivity contribution in [1.82, 2.24) is 9.80 Å². The summed E-state index contributed by atoms with van der Waals surface area (Å²) in [6.07, 6.45) is 3.31. The Morgan fingerprint density at radius 2 is 1.70 bits per heavy atom. The predicted molar refractivity (Wildman–Crippen MR) is 144 cm³/mol. The molecule has 2 aromatic carbocycles. The average Bonchev–Trinajstić information content (AvgIpc) is 3.04. The number of ether oxygens (including phenoxy) is 2. The van der Waals surface area contributed by atoms with E-state index in [0.717, 1.165) is 18.4 Å². The fraction of sp³-hybridized carbons (Fsp3) is 0.567. The van der Waals surface area contributed by atoms with Crippen molar-refractivity contribution < 1.29 is 24.5 Å². The molecule has 2 aromatic rings. The molecule has 7 heteroatoms. The van der Waals surface area contributed by atoms with Gasteiger partial charge in [0, 0.05) is 33.3 Å². The van der Waals surface area contributed by atoms with Gasteiger partial charge < -0.3 is 24.6 Å². The Hall–Kier alpha value is -2.45. The molecule has 2 fully saturated rings. The molecule has 1 aliphatic carbocycles. The summed E-state index contributed by atoms with van der Waals surface area (Å²) in [5, 5.41) is 23.2. The molecule has 0 radical (unpaired) electrons. The molecule has 1 aliphatic heterocycles. The fourth-order valence-corrected chi connectivity index (χ4v) is 5.71. The lowest BCUT2D eigenvalue weighted by Crippen LogP contribution is -2.54. The number of carbonyl (C=O) groups excluding carboxylic acids is 1. The first-order valence-corrected chi connectivity index (χ1v) is 13.4. The van der Waals surface area contributed by atoms with Crippen molar-refractivity contribution >= 4 is 5.91 Å². The number of hydrogen-bond acceptors (Lipinski definition) is 6. The minimum absolute atomic E-state index is 0.0289. The van der Waals surface area contributed by atoms with E-state index in [1.807, 2.05) is 38.1 Å². The summed E-state index contributed by atoms with van der Waals surface area (Å²) in [6.45, 7) is 6.09. The zero-order valence-electron chi connectivity index (χ0n) is 22.5. The molecule has 202 valence electrons. The molecular weight excluding hydrogens is 468 g/mol. The van der Waals surface area contributed by atoms with Gasteiger partial charge in [-0.1, -0.05) is 36.4 Å². The molecule has 0 aromatic heterocycles. The van der Waals surface area contributed by atoms with Gasteiger partial charge in [0.25, 0.3) is 0 Å². The number of carbonyl (C=O) groups is 1. The average molecular weight is 511 g/mol. The first-order chi connectivity index (χ1) is 17.7. The fourth-order valence-electron chi connectivity index (χ4n) is 5.71. The van der Waals surface area contributed by atoms with Crippen LogP contribution in [0.5, 0.6) is 5.75 Å². The van der Waals surface area contributed by atoms with Crippen LogP contribution < -0.4 is 4.74 Å². The van der Waals surface area contributed by atoms with Crippen molar-refractivity contribution in [3.63, 3.8) is 0 Å². The quantitative estimate of drug-likeness (QED) is 0.567. The molecule has 2 N–H and O–H groups in total. The second kappa shape index (κ2) is 11.9. The molecule has 4 rings (SSSR count). The molecule has 0 bridgehead atoms. The molecule has 37 heavy (non-hydrogen) atoms. The van der Waals surface area contributed by atoms with E-state index in [0.29, 0.717) is 50.7 Å². The second-order valence-electron chi connectivity index (χ2n) is 11.1. The molecular formula is C30H42N2O5. The smallest absolute Gasteiger partial charge is 0.248 e. The Balaban J connectivity index is 1.43. The van der Waals surface area contributed by atoms with E-state index in [4.69, 9.17) is 9.47 Å². The van der Waals surface area contributed by atoms with Gasteiger partial charge in [0.2, 0.25) is 5.91 Å². The van der Waals surface area contributed by atoms with Crippen LogP contribution in [0, 0.1) is 13.8 Å². The third-order valence-electron chi connectivity index (χ3n) is 8.00. The van der Waals surface area contributed by atoms with Gasteiger partial charge in [-0.15, -0.1) is 0 Å². The highest BCUT2D eigenvalue weighted by molar-refractivity contribution is 5.77. The highest BCUT2D eigenvalue weighted by Gasteiger charge is 2.41. The number of aryl methyl sites for hydroxylation is 2. The Labute approximate surface area is 221 Å². The molecule has 2 aliphatic rings. The Morgan fingerprint density at radius 1 is 0.973 bits per heavy atom. The number of methoxy groups -OCH3 is 1. The summed E-state index contributed by atoms with van der Waals surface area (Å²) in [5.74, 6) is 1.01. The van der Waals surface area contributed by atoms with Gasteiger partial charge in [0.1, 0.15) is 24.6 Å². The minimum atomic E-state index is -1.28. The SMILES string of the molecule is COCC(=O)N1CCN(CC2(O)CCC(c3ccccc3)CC2)CC(O)(COc2ccc(C)c(C)c2)C1. The van der Waals surface area contributed by atoms with Gasteiger partial charge in [-0.3, -0.25) is 9.69 Å². The van der Waals surface area contributed by atoms with Crippen LogP contribution in [0.1, 0.15) is 48.3 Å². The first-order valence-electron chi connectivity index (χ1n) is 13.4. The highest BCUT2D eigenvalue weighted by atomic mass is 16.5. The van der Waals surface area contributed by atoms with Gasteiger partial charge in [-0.25, -0.2) is 0 Å². The lowest BCUT2D eigenvalue weighted by molar-refractivity contribution is -0.138. The highest BCUT2D eigenvalue weighted by Crippen LogP contribution is 2.38. The van der Waals surface area contributed by atoms with E-state index >= 15 is 0 Å². The Kier molecular flexibility index (Phi) is 8.90. The van der Waals surface area contributed by atoms with Crippen LogP contribution in [0.15, 0.2) is 48.5 Å². The van der Waals surface area contributed by atoms with Gasteiger partial charge in [-0.05, 0) is 74.3 Å². The first kappa shape index (κ1) is 27.6. The third-order valence-corrected chi connectivity index (χ3v) is 8.00. The van der Waals surface area contributed by atoms with E-state index in [1.165, 1.54) is 18.2 Å². The van der Waals surface area contributed by atoms with Crippen LogP contribution in [0.25, 0.3) is 0 Å². The molecule has 1 atom stereocenters. The lowest BCUT2D eigenvalue weighted by Gasteiger charge is -2.40. The van der Waals surface area contributed by atoms with Crippen LogP contribution in [0.4, 0.5) is 0 Å². The molecule has 1 saturated carbocycles. The number of rotatable bonds is 8. The van der Waals surface area contributed by atoms with Crippen LogP contribution in [-0.4, -0.2) is 90.2 Å². The molecule has 1 saturated heterocycles. The third kappa shape index (κ3) is 7.32. The van der Waals surface area contributed by atoms with Crippen molar-refractivity contribution in [2.75, 3.05) is 53.0 Å². The van der Waals surface area contributed by atoms with Gasteiger partial charge in [-0.2, -0.15) is 0 Å². The minimum Gasteiger partial charge on any atom is -0.490 e. The molecule has 0 spiro atoms. The maximum Gasteiger partial charge on any atom is 0.248 e. The Morgan fingerprint density at radius 3 is 2.38 bits per heavy atom. The summed E-state index contributed by atoms with van der Waals surface area (Å²) in [4.78, 5) is 16.5. The number of benzene rings is 2. The molecule has 1 amide bonds. The summed E-state index contributed by atoms with van der Waals surface area (Å²) >= 11 is 0. The maximum atomic E-state index is 12.7. The Bertz CT molecular complexity index is 1040. The maximum absolute atomic E-state index is 12.7. The van der Waals surface area contributed by atoms with Crippen molar-refractivity contribution in [3.8, 4) is 5.75 Å². The van der Waals surface area contributed by atoms with E-state index in [-0.39, 0.29) is 25.7 Å². The molecule has 7 nitrogen and oxygen atoms in total. The predicted octanol–water partition coefficient (Wildman–Crippen LogP) is 3.29. The number of nitrogens with zero attached hydrogens (tertiary/aromatic N) is 2. The van der Waals surface area contributed by atoms with Crippen LogP contribution in [-0.2, 0) is 9.53 Å². The topological polar surface area (TPSA) is 82.5 Å². The van der Waals surface area contributed by atoms with Crippen LogP contribution in [0.2, 0.25) is 0 Å². The standard InChI is InChI=1S/C30H42N2O5/c1-23-9-10-27(17-24(23)2)37-22-30(35)20-31(15-16-32(21-30)28(33)18-36-3)19-29(34)13-11-26(12-14-29)25-7-5-4-6-8-25/h4-10,17,26,34-35H,11-16,18-22H2,1-3H3. The van der Waals surface area contributed by atoms with E-state index in [1.54, 1.807) is 4.90 Å². The van der Waals surface area contributed by atoms with Crippen LogP contribution in [0.3, 0.4) is 0 Å². The lowest BCUT2D eigenvalue weighted by atomic mass is 9.76. The number of β-amino-alcohol motifs (C(OH)–C–C–N with tert-alkyl or cyclic N) is 2. The number of amides is 1. The summed E-state index contributed by atoms with van der Waals surface area (Å²) in [7, 11) is 1.50. The van der Waals surface area contributed by atoms with Gasteiger partial charge in [0.05, 0.1) is 12.1 Å². The summed E-state index contributed by atoms with van der Waals surface area (Å²) < 4.78 is 11.1. The van der Waals surface area contributed by atoms with Crippen molar-refractivity contribution in [2.24, 2.45) is 0 Å². The zero-order valence-corrected chi connectivity index (χ0v) is 22.5. The van der Waals surface area contributed by atoms with Gasteiger partial charge >= 0.3 is 0 Å². The second-order valence-corrected chi connectivity index (χ2v) is 11.1. The number of aliphatic hydroxyl groups is 2. The van der Waals surface area contributed by atoms with E-state index in [9.17, 15) is 15.0 Å².